The van der Waals surface area contributed by atoms with Gasteiger partial charge in [0, 0.05) is 25.8 Å². The number of nitriles is 1. The third-order valence-electron chi connectivity index (χ3n) is 4.36. The molecule has 8 heteroatoms. The van der Waals surface area contributed by atoms with Crippen LogP contribution in [0.15, 0.2) is 70.7 Å². The average molecular weight is 532 g/mol. The molecule has 0 aliphatic heterocycles. The monoisotopic (exact) mass is 530 g/mol. The van der Waals surface area contributed by atoms with Crippen LogP contribution in [0.4, 0.5) is 5.69 Å². The maximum Gasteiger partial charge on any atom is 0.266 e. The van der Waals surface area contributed by atoms with Crippen molar-refractivity contribution in [3.63, 3.8) is 0 Å². The zero-order valence-corrected chi connectivity index (χ0v) is 20.0. The number of ether oxygens (including phenoxy) is 2. The van der Waals surface area contributed by atoms with Gasteiger partial charge in [0.25, 0.3) is 5.91 Å². The molecule has 0 spiro atoms. The summed E-state index contributed by atoms with van der Waals surface area (Å²) in [5.74, 6) is 0.439. The van der Waals surface area contributed by atoms with Gasteiger partial charge in [0.1, 0.15) is 18.2 Å². The van der Waals surface area contributed by atoms with E-state index in [0.29, 0.717) is 32.8 Å². The molecule has 3 aromatic rings. The fraction of sp³-hybridized carbons (Fsp3) is 0.0833. The molecule has 0 fully saturated rings. The number of rotatable bonds is 7. The molecule has 0 radical (unpaired) electrons. The van der Waals surface area contributed by atoms with E-state index in [2.05, 4.69) is 21.2 Å². The summed E-state index contributed by atoms with van der Waals surface area (Å²) in [4.78, 5) is 12.5. The minimum Gasteiger partial charge on any atom is -0.493 e. The van der Waals surface area contributed by atoms with Gasteiger partial charge in [-0.15, -0.1) is 0 Å². The van der Waals surface area contributed by atoms with Gasteiger partial charge in [-0.2, -0.15) is 5.26 Å². The summed E-state index contributed by atoms with van der Waals surface area (Å²) in [5, 5.41) is 13.2. The second-order valence-electron chi connectivity index (χ2n) is 6.57. The molecule has 3 rings (SSSR count). The largest absolute Gasteiger partial charge is 0.493 e. The van der Waals surface area contributed by atoms with E-state index in [1.54, 1.807) is 60.7 Å². The first kappa shape index (κ1) is 23.7. The number of hydrogen-bond acceptors (Lipinski definition) is 4. The number of halogens is 3. The zero-order valence-electron chi connectivity index (χ0n) is 16.9. The molecule has 162 valence electrons. The van der Waals surface area contributed by atoms with Crippen molar-refractivity contribution < 1.29 is 14.3 Å². The Morgan fingerprint density at radius 1 is 1.09 bits per heavy atom. The molecule has 1 N–H and O–H groups in total. The lowest BCUT2D eigenvalue weighted by atomic mass is 10.1. The van der Waals surface area contributed by atoms with Crippen molar-refractivity contribution in [1.29, 1.82) is 5.26 Å². The van der Waals surface area contributed by atoms with Crippen LogP contribution in [-0.2, 0) is 11.4 Å². The Hall–Kier alpha value is -2.98. The second kappa shape index (κ2) is 11.1. The quantitative estimate of drug-likeness (QED) is 0.266. The van der Waals surface area contributed by atoms with E-state index in [1.165, 1.54) is 13.2 Å². The molecular formula is C24H17BrCl2N2O3. The van der Waals surface area contributed by atoms with Gasteiger partial charge in [0.2, 0.25) is 0 Å². The Balaban J connectivity index is 1.75. The summed E-state index contributed by atoms with van der Waals surface area (Å²) in [7, 11) is 1.51. The predicted molar refractivity (Wildman–Crippen MR) is 130 cm³/mol. The number of benzene rings is 3. The maximum atomic E-state index is 12.5. The third kappa shape index (κ3) is 6.27. The van der Waals surface area contributed by atoms with Crippen molar-refractivity contribution in [2.24, 2.45) is 0 Å². The van der Waals surface area contributed by atoms with Crippen LogP contribution in [0.25, 0.3) is 6.08 Å². The van der Waals surface area contributed by atoms with E-state index < -0.39 is 5.91 Å². The van der Waals surface area contributed by atoms with Crippen LogP contribution in [-0.4, -0.2) is 13.0 Å². The topological polar surface area (TPSA) is 71.3 Å². The highest BCUT2D eigenvalue weighted by molar-refractivity contribution is 9.10. The number of hydrogen-bond donors (Lipinski definition) is 1. The summed E-state index contributed by atoms with van der Waals surface area (Å²) >= 11 is 15.4. The normalized spacial score (nSPS) is 10.9. The lowest BCUT2D eigenvalue weighted by Gasteiger charge is -2.12. The molecule has 0 aliphatic rings. The van der Waals surface area contributed by atoms with Gasteiger partial charge >= 0.3 is 0 Å². The standard InChI is InChI=1S/C24H17BrCl2N2O3/c1-31-23-11-15(2-9-22(23)32-14-16-3-6-19(26)12-21(16)27)10-17(13-28)24(30)29-20-7-4-18(25)5-8-20/h2-12H,14H2,1H3,(H,29,30)/b17-10-. The van der Waals surface area contributed by atoms with Gasteiger partial charge in [-0.25, -0.2) is 0 Å². The Labute approximate surface area is 204 Å². The third-order valence-corrected chi connectivity index (χ3v) is 5.48. The minimum atomic E-state index is -0.508. The summed E-state index contributed by atoms with van der Waals surface area (Å²) in [6.45, 7) is 0.223. The summed E-state index contributed by atoms with van der Waals surface area (Å²) in [6.07, 6.45) is 1.48. The van der Waals surface area contributed by atoms with Gasteiger partial charge in [0.15, 0.2) is 11.5 Å². The van der Waals surface area contributed by atoms with Crippen LogP contribution in [0.2, 0.25) is 10.0 Å². The highest BCUT2D eigenvalue weighted by Gasteiger charge is 2.12. The minimum absolute atomic E-state index is 0.0448. The van der Waals surface area contributed by atoms with Gasteiger partial charge in [-0.05, 0) is 60.2 Å². The van der Waals surface area contributed by atoms with Gasteiger partial charge in [-0.3, -0.25) is 4.79 Å². The van der Waals surface area contributed by atoms with E-state index in [-0.39, 0.29) is 12.2 Å². The smallest absolute Gasteiger partial charge is 0.266 e. The van der Waals surface area contributed by atoms with E-state index in [9.17, 15) is 10.1 Å². The number of anilines is 1. The van der Waals surface area contributed by atoms with Crippen LogP contribution in [0, 0.1) is 11.3 Å². The summed E-state index contributed by atoms with van der Waals surface area (Å²) in [6, 6.07) is 19.3. The predicted octanol–water partition coefficient (Wildman–Crippen LogP) is 6.89. The molecule has 0 saturated heterocycles. The number of amides is 1. The van der Waals surface area contributed by atoms with Crippen LogP contribution in [0.1, 0.15) is 11.1 Å². The van der Waals surface area contributed by atoms with Crippen molar-refractivity contribution in [3.05, 3.63) is 91.9 Å². The molecular weight excluding hydrogens is 515 g/mol. The fourth-order valence-corrected chi connectivity index (χ4v) is 3.46. The lowest BCUT2D eigenvalue weighted by molar-refractivity contribution is -0.112. The first-order chi connectivity index (χ1) is 15.4. The Morgan fingerprint density at radius 2 is 1.84 bits per heavy atom. The molecule has 0 aromatic heterocycles. The number of methoxy groups -OCH3 is 1. The molecule has 32 heavy (non-hydrogen) atoms. The van der Waals surface area contributed by atoms with Crippen LogP contribution in [0.5, 0.6) is 11.5 Å². The summed E-state index contributed by atoms with van der Waals surface area (Å²) in [5.41, 5.74) is 1.93. The van der Waals surface area contributed by atoms with Gasteiger partial charge in [0.05, 0.1) is 7.11 Å². The molecule has 0 atom stereocenters. The molecule has 0 bridgehead atoms. The Morgan fingerprint density at radius 3 is 2.50 bits per heavy atom. The SMILES string of the molecule is COc1cc(/C=C(/C#N)C(=O)Nc2ccc(Br)cc2)ccc1OCc1ccc(Cl)cc1Cl. The van der Waals surface area contributed by atoms with E-state index in [4.69, 9.17) is 32.7 Å². The van der Waals surface area contributed by atoms with Gasteiger partial charge < -0.3 is 14.8 Å². The number of carbonyl (C=O) groups is 1. The molecule has 5 nitrogen and oxygen atoms in total. The van der Waals surface area contributed by atoms with Gasteiger partial charge in [-0.1, -0.05) is 51.3 Å². The van der Waals surface area contributed by atoms with Crippen LogP contribution >= 0.6 is 39.1 Å². The van der Waals surface area contributed by atoms with Crippen molar-refractivity contribution in [2.45, 2.75) is 6.61 Å². The fourth-order valence-electron chi connectivity index (χ4n) is 2.73. The highest BCUT2D eigenvalue weighted by Crippen LogP contribution is 2.31. The van der Waals surface area contributed by atoms with Crippen molar-refractivity contribution in [1.82, 2.24) is 0 Å². The van der Waals surface area contributed by atoms with E-state index in [1.807, 2.05) is 6.07 Å². The molecule has 1 amide bonds. The molecule has 0 aliphatic carbocycles. The van der Waals surface area contributed by atoms with Crippen LogP contribution < -0.4 is 14.8 Å². The number of nitrogens with zero attached hydrogens (tertiary/aromatic N) is 1. The first-order valence-corrected chi connectivity index (χ1v) is 10.9. The van der Waals surface area contributed by atoms with Crippen LogP contribution in [0.3, 0.4) is 0 Å². The average Bonchev–Trinajstić information content (AvgIpc) is 2.78. The highest BCUT2D eigenvalue weighted by atomic mass is 79.9. The maximum absolute atomic E-state index is 12.5. The summed E-state index contributed by atoms with van der Waals surface area (Å²) < 4.78 is 12.1. The molecule has 0 heterocycles. The molecule has 0 saturated carbocycles. The van der Waals surface area contributed by atoms with E-state index in [0.717, 1.165) is 10.0 Å². The number of carbonyl (C=O) groups excluding carboxylic acids is 1. The van der Waals surface area contributed by atoms with Crippen molar-refractivity contribution in [2.75, 3.05) is 12.4 Å². The lowest BCUT2D eigenvalue weighted by Crippen LogP contribution is -2.13. The Kier molecular flexibility index (Phi) is 8.18. The first-order valence-electron chi connectivity index (χ1n) is 9.33. The number of nitrogens with one attached hydrogen (secondary N) is 1. The second-order valence-corrected chi connectivity index (χ2v) is 8.32. The Bertz CT molecular complexity index is 1200. The van der Waals surface area contributed by atoms with Crippen molar-refractivity contribution in [3.8, 4) is 17.6 Å². The molecule has 0 unspecified atom stereocenters. The van der Waals surface area contributed by atoms with Crippen molar-refractivity contribution >= 4 is 56.8 Å². The van der Waals surface area contributed by atoms with E-state index >= 15 is 0 Å². The molecule has 3 aromatic carbocycles. The zero-order chi connectivity index (χ0) is 23.1.